The Balaban J connectivity index is 1.33. The van der Waals surface area contributed by atoms with Gasteiger partial charge in [-0.05, 0) is 49.7 Å². The number of carbonyl (C=O) groups excluding carboxylic acids is 1. The molecule has 0 aliphatic carbocycles. The second-order valence-electron chi connectivity index (χ2n) is 10.3. The van der Waals surface area contributed by atoms with Crippen LogP contribution in [-0.4, -0.2) is 54.1 Å². The molecule has 3 aromatic heterocycles. The average Bonchev–Trinajstić information content (AvgIpc) is 3.69. The molecule has 13 heteroatoms. The summed E-state index contributed by atoms with van der Waals surface area (Å²) in [6.07, 6.45) is 1.89. The van der Waals surface area contributed by atoms with Crippen molar-refractivity contribution in [2.45, 2.75) is 25.5 Å². The number of aromatic nitrogens is 6. The van der Waals surface area contributed by atoms with Crippen LogP contribution in [0.25, 0.3) is 28.0 Å². The first kappa shape index (κ1) is 30.5. The number of amides is 1. The number of nitrogen functional groups attached to an aromatic ring is 1. The minimum Gasteiger partial charge on any atom is -0.494 e. The van der Waals surface area contributed by atoms with E-state index < -0.39 is 11.2 Å². The highest BCUT2D eigenvalue weighted by molar-refractivity contribution is 7.99. The van der Waals surface area contributed by atoms with Crippen LogP contribution in [0.15, 0.2) is 99.8 Å². The number of nitrogens with one attached hydrogen (secondary N) is 2. The van der Waals surface area contributed by atoms with E-state index in [0.717, 1.165) is 33.5 Å². The number of nitrogens with two attached hydrogens (primary N) is 1. The zero-order valence-electron chi connectivity index (χ0n) is 25.3. The fraction of sp³-hybridized carbons (Fsp3) is 0.182. The van der Waals surface area contributed by atoms with Crippen LogP contribution in [0.1, 0.15) is 19.4 Å². The number of hydrogen-bond donors (Lipinski definition) is 3. The van der Waals surface area contributed by atoms with Crippen molar-refractivity contribution in [1.82, 2.24) is 29.3 Å². The van der Waals surface area contributed by atoms with Crippen molar-refractivity contribution < 1.29 is 9.53 Å². The summed E-state index contributed by atoms with van der Waals surface area (Å²) in [4.78, 5) is 46.3. The number of anilines is 2. The van der Waals surface area contributed by atoms with Crippen LogP contribution >= 0.6 is 11.8 Å². The molecule has 12 nitrogen and oxygen atoms in total. The van der Waals surface area contributed by atoms with Crippen molar-refractivity contribution in [1.29, 1.82) is 0 Å². The van der Waals surface area contributed by atoms with Crippen LogP contribution in [0.4, 0.5) is 11.5 Å². The van der Waals surface area contributed by atoms with E-state index >= 15 is 0 Å². The minimum absolute atomic E-state index is 0.0731. The van der Waals surface area contributed by atoms with Crippen LogP contribution in [0, 0.1) is 0 Å². The molecule has 0 radical (unpaired) electrons. The zero-order chi connectivity index (χ0) is 32.2. The van der Waals surface area contributed by atoms with Crippen molar-refractivity contribution in [2.75, 3.05) is 29.5 Å². The minimum atomic E-state index is -0.730. The topological polar surface area (TPSA) is 157 Å². The van der Waals surface area contributed by atoms with Crippen molar-refractivity contribution in [3.63, 3.8) is 0 Å². The monoisotopic (exact) mass is 636 g/mol. The van der Waals surface area contributed by atoms with Gasteiger partial charge in [-0.2, -0.15) is 0 Å². The summed E-state index contributed by atoms with van der Waals surface area (Å²) in [5.74, 6) is 0.777. The number of ether oxygens (including phenoxy) is 1. The van der Waals surface area contributed by atoms with Crippen molar-refractivity contribution in [3.8, 4) is 22.8 Å². The second-order valence-corrected chi connectivity index (χ2v) is 11.3. The molecule has 6 aromatic rings. The van der Waals surface area contributed by atoms with Crippen molar-refractivity contribution in [3.05, 3.63) is 111 Å². The molecule has 1 amide bonds. The van der Waals surface area contributed by atoms with Gasteiger partial charge in [-0.25, -0.2) is 4.79 Å². The van der Waals surface area contributed by atoms with Crippen molar-refractivity contribution in [2.24, 2.45) is 0 Å². The number of thioether (sulfide) groups is 1. The second kappa shape index (κ2) is 13.2. The zero-order valence-corrected chi connectivity index (χ0v) is 26.1. The molecule has 0 spiro atoms. The lowest BCUT2D eigenvalue weighted by molar-refractivity contribution is -0.116. The lowest BCUT2D eigenvalue weighted by atomic mass is 10.1. The fourth-order valence-corrected chi connectivity index (χ4v) is 6.14. The van der Waals surface area contributed by atoms with E-state index in [-0.39, 0.29) is 36.3 Å². The molecule has 0 saturated heterocycles. The third-order valence-corrected chi connectivity index (χ3v) is 8.39. The predicted molar refractivity (Wildman–Crippen MR) is 180 cm³/mol. The Morgan fingerprint density at radius 2 is 1.72 bits per heavy atom. The Bertz CT molecular complexity index is 2120. The summed E-state index contributed by atoms with van der Waals surface area (Å²) >= 11 is 1.18. The van der Waals surface area contributed by atoms with Gasteiger partial charge >= 0.3 is 5.69 Å². The van der Waals surface area contributed by atoms with E-state index in [0.29, 0.717) is 17.6 Å². The molecule has 234 valence electrons. The number of para-hydroxylation sites is 1. The summed E-state index contributed by atoms with van der Waals surface area (Å²) in [5.41, 5.74) is 8.35. The number of hydrogen-bond acceptors (Lipinski definition) is 8. The van der Waals surface area contributed by atoms with Gasteiger partial charge in [-0.1, -0.05) is 60.3 Å². The normalized spacial score (nSPS) is 11.2. The molecule has 0 saturated carbocycles. The Morgan fingerprint density at radius 1 is 0.978 bits per heavy atom. The van der Waals surface area contributed by atoms with Gasteiger partial charge in [-0.3, -0.25) is 23.7 Å². The maximum Gasteiger partial charge on any atom is 0.330 e. The molecule has 3 aromatic carbocycles. The van der Waals surface area contributed by atoms with Gasteiger partial charge in [-0.15, -0.1) is 10.2 Å². The highest BCUT2D eigenvalue weighted by atomic mass is 32.2. The molecule has 0 unspecified atom stereocenters. The third kappa shape index (κ3) is 5.92. The summed E-state index contributed by atoms with van der Waals surface area (Å²) in [7, 11) is 0. The largest absolute Gasteiger partial charge is 0.494 e. The number of H-pyrrole nitrogens is 2. The first-order valence-corrected chi connectivity index (χ1v) is 15.7. The van der Waals surface area contributed by atoms with Gasteiger partial charge in [0.1, 0.15) is 11.6 Å². The SMILES string of the molecule is CCOc1ccc(-n2c(SCC(=O)N(CC)c3c(N)n(Cc4ccccc4)c(=O)[nH]c3=O)nnc2-c2c[nH]c3ccccc23)cc1. The summed E-state index contributed by atoms with van der Waals surface area (Å²) in [6.45, 7) is 4.50. The van der Waals surface area contributed by atoms with Gasteiger partial charge < -0.3 is 20.4 Å². The molecule has 46 heavy (non-hydrogen) atoms. The van der Waals surface area contributed by atoms with E-state index in [1.165, 1.54) is 21.2 Å². The Hall–Kier alpha value is -5.56. The number of nitrogens with zero attached hydrogens (tertiary/aromatic N) is 5. The molecule has 0 aliphatic heterocycles. The number of aromatic amines is 2. The number of carbonyl (C=O) groups is 1. The van der Waals surface area contributed by atoms with Crippen LogP contribution in [0.3, 0.4) is 0 Å². The van der Waals surface area contributed by atoms with Gasteiger partial charge in [0.2, 0.25) is 5.91 Å². The summed E-state index contributed by atoms with van der Waals surface area (Å²) in [5, 5.41) is 10.5. The highest BCUT2D eigenvalue weighted by Crippen LogP contribution is 2.33. The maximum atomic E-state index is 13.7. The fourth-order valence-electron chi connectivity index (χ4n) is 5.31. The molecular formula is C33H32N8O4S. The lowest BCUT2D eigenvalue weighted by Crippen LogP contribution is -2.41. The molecule has 0 fully saturated rings. The molecular weight excluding hydrogens is 604 g/mol. The Morgan fingerprint density at radius 3 is 2.46 bits per heavy atom. The quantitative estimate of drug-likeness (QED) is 0.176. The average molecular weight is 637 g/mol. The van der Waals surface area contributed by atoms with Gasteiger partial charge in [0.05, 0.1) is 18.9 Å². The standard InChI is InChI=1S/C33H32N8O4S/c1-3-39(28-29(34)40(32(44)36-31(28)43)19-21-10-6-5-7-11-21)27(42)20-46-33-38-37-30(25-18-35-26-13-9-8-12-24(25)26)41(33)22-14-16-23(17-15-22)45-4-2/h5-18,35H,3-4,19-20,34H2,1-2H3,(H,36,43,44). The van der Waals surface area contributed by atoms with Crippen LogP contribution in [-0.2, 0) is 11.3 Å². The van der Waals surface area contributed by atoms with Gasteiger partial charge in [0.25, 0.3) is 5.56 Å². The molecule has 0 bridgehead atoms. The van der Waals surface area contributed by atoms with E-state index in [4.69, 9.17) is 10.5 Å². The molecule has 0 atom stereocenters. The predicted octanol–water partition coefficient (Wildman–Crippen LogP) is 4.44. The smallest absolute Gasteiger partial charge is 0.330 e. The van der Waals surface area contributed by atoms with E-state index in [1.807, 2.05) is 96.6 Å². The summed E-state index contributed by atoms with van der Waals surface area (Å²) in [6, 6.07) is 24.7. The van der Waals surface area contributed by atoms with Crippen LogP contribution < -0.4 is 26.6 Å². The molecule has 0 aliphatic rings. The number of rotatable bonds is 11. The molecule has 3 heterocycles. The van der Waals surface area contributed by atoms with Gasteiger partial charge in [0.15, 0.2) is 16.7 Å². The third-order valence-electron chi connectivity index (χ3n) is 7.48. The Labute approximate surface area is 267 Å². The number of benzene rings is 3. The van der Waals surface area contributed by atoms with Crippen LogP contribution in [0.5, 0.6) is 5.75 Å². The lowest BCUT2D eigenvalue weighted by Gasteiger charge is -2.23. The van der Waals surface area contributed by atoms with E-state index in [1.54, 1.807) is 6.92 Å². The maximum absolute atomic E-state index is 13.7. The number of fused-ring (bicyclic) bond motifs is 1. The Kier molecular flexibility index (Phi) is 8.74. The van der Waals surface area contributed by atoms with Crippen molar-refractivity contribution >= 4 is 40.1 Å². The first-order valence-electron chi connectivity index (χ1n) is 14.7. The van der Waals surface area contributed by atoms with Gasteiger partial charge in [0, 0.05) is 34.9 Å². The molecule has 6 rings (SSSR count). The summed E-state index contributed by atoms with van der Waals surface area (Å²) < 4.78 is 8.78. The van der Waals surface area contributed by atoms with E-state index in [2.05, 4.69) is 20.2 Å². The molecule has 4 N–H and O–H groups in total. The van der Waals surface area contributed by atoms with Crippen LogP contribution in [0.2, 0.25) is 0 Å². The van der Waals surface area contributed by atoms with E-state index in [9.17, 15) is 14.4 Å². The first-order chi connectivity index (χ1) is 22.4. The highest BCUT2D eigenvalue weighted by Gasteiger charge is 2.25.